The zero-order valence-electron chi connectivity index (χ0n) is 15.0. The topological polar surface area (TPSA) is 0 Å². The Bertz CT molecular complexity index is 787. The second-order valence-electron chi connectivity index (χ2n) is 6.90. The first-order chi connectivity index (χ1) is 11.1. The first-order valence-electron chi connectivity index (χ1n) is 9.06. The van der Waals surface area contributed by atoms with Gasteiger partial charge in [-0.2, -0.15) is 0 Å². The fourth-order valence-electron chi connectivity index (χ4n) is 3.69. The highest BCUT2D eigenvalue weighted by atomic mass is 14.2. The molecule has 120 valence electrons. The van der Waals surface area contributed by atoms with E-state index < -0.39 is 0 Å². The molecule has 2 aromatic rings. The van der Waals surface area contributed by atoms with Crippen LogP contribution in [0.3, 0.4) is 0 Å². The molecule has 0 spiro atoms. The van der Waals surface area contributed by atoms with Gasteiger partial charge in [0.15, 0.2) is 0 Å². The summed E-state index contributed by atoms with van der Waals surface area (Å²) in [6.45, 7) is 9.04. The van der Waals surface area contributed by atoms with Crippen LogP contribution in [0.5, 0.6) is 0 Å². The minimum absolute atomic E-state index is 1.15. The molecule has 0 unspecified atom stereocenters. The highest BCUT2D eigenvalue weighted by molar-refractivity contribution is 5.92. The maximum absolute atomic E-state index is 2.42. The summed E-state index contributed by atoms with van der Waals surface area (Å²) < 4.78 is 0. The van der Waals surface area contributed by atoms with Gasteiger partial charge in [-0.1, -0.05) is 56.5 Å². The maximum Gasteiger partial charge on any atom is -0.00549 e. The number of hydrogen-bond acceptors (Lipinski definition) is 0. The molecule has 0 nitrogen and oxygen atoms in total. The van der Waals surface area contributed by atoms with Gasteiger partial charge in [0.2, 0.25) is 0 Å². The summed E-state index contributed by atoms with van der Waals surface area (Å²) in [5.41, 5.74) is 8.92. The molecule has 0 aliphatic heterocycles. The first kappa shape index (κ1) is 16.1. The summed E-state index contributed by atoms with van der Waals surface area (Å²) in [6.07, 6.45) is 8.37. The molecule has 0 heteroatoms. The fourth-order valence-corrected chi connectivity index (χ4v) is 3.69. The molecule has 0 N–H and O–H groups in total. The van der Waals surface area contributed by atoms with Crippen LogP contribution < -0.4 is 0 Å². The number of fused-ring (bicyclic) bond motifs is 2. The Morgan fingerprint density at radius 3 is 2.61 bits per heavy atom. The third-order valence-electron chi connectivity index (χ3n) is 5.15. The number of hydrogen-bond donors (Lipinski definition) is 0. The molecule has 0 saturated heterocycles. The SMILES string of the molecule is CCCC=C(C)c1ccc2cc3c(cc2c1)CC(CCC)=C3C. The second kappa shape index (κ2) is 6.74. The monoisotopic (exact) mass is 304 g/mol. The van der Waals surface area contributed by atoms with Gasteiger partial charge >= 0.3 is 0 Å². The van der Waals surface area contributed by atoms with Crippen LogP contribution in [0.1, 0.15) is 70.1 Å². The average molecular weight is 304 g/mol. The summed E-state index contributed by atoms with van der Waals surface area (Å²) in [6, 6.07) is 11.8. The maximum atomic E-state index is 2.42. The molecule has 0 aromatic heterocycles. The van der Waals surface area contributed by atoms with E-state index in [4.69, 9.17) is 0 Å². The Kier molecular flexibility index (Phi) is 4.71. The number of unbranched alkanes of at least 4 members (excludes halogenated alkanes) is 1. The highest BCUT2D eigenvalue weighted by Crippen LogP contribution is 2.37. The fraction of sp³-hybridized carbons (Fsp3) is 0.391. The van der Waals surface area contributed by atoms with Crippen LogP contribution in [0.2, 0.25) is 0 Å². The van der Waals surface area contributed by atoms with Crippen molar-refractivity contribution < 1.29 is 0 Å². The van der Waals surface area contributed by atoms with E-state index >= 15 is 0 Å². The average Bonchev–Trinajstić information content (AvgIpc) is 2.86. The predicted octanol–water partition coefficient (Wildman–Crippen LogP) is 7.17. The van der Waals surface area contributed by atoms with Crippen molar-refractivity contribution in [3.8, 4) is 0 Å². The standard InChI is InChI=1S/C23H28/c1-5-7-9-16(3)18-10-11-20-15-23-17(4)19(8-6-2)13-22(23)14-21(20)12-18/h9-12,14-15H,5-8,13H2,1-4H3. The summed E-state index contributed by atoms with van der Waals surface area (Å²) in [7, 11) is 0. The van der Waals surface area contributed by atoms with Crippen LogP contribution in [0, 0.1) is 0 Å². The number of benzene rings is 2. The number of rotatable bonds is 5. The van der Waals surface area contributed by atoms with Crippen molar-refractivity contribution in [2.45, 2.75) is 59.8 Å². The summed E-state index contributed by atoms with van der Waals surface area (Å²) in [5.74, 6) is 0. The highest BCUT2D eigenvalue weighted by Gasteiger charge is 2.18. The van der Waals surface area contributed by atoms with Crippen LogP contribution in [-0.4, -0.2) is 0 Å². The van der Waals surface area contributed by atoms with Gasteiger partial charge in [0.25, 0.3) is 0 Å². The van der Waals surface area contributed by atoms with Crippen molar-refractivity contribution >= 4 is 21.9 Å². The lowest BCUT2D eigenvalue weighted by atomic mass is 9.96. The molecular weight excluding hydrogens is 276 g/mol. The molecule has 0 saturated carbocycles. The lowest BCUT2D eigenvalue weighted by molar-refractivity contribution is 0.883. The van der Waals surface area contributed by atoms with E-state index in [0.29, 0.717) is 0 Å². The zero-order valence-corrected chi connectivity index (χ0v) is 15.0. The first-order valence-corrected chi connectivity index (χ1v) is 9.06. The van der Waals surface area contributed by atoms with Gasteiger partial charge in [-0.25, -0.2) is 0 Å². The molecule has 1 aliphatic carbocycles. The van der Waals surface area contributed by atoms with Gasteiger partial charge in [-0.05, 0) is 83.9 Å². The second-order valence-corrected chi connectivity index (χ2v) is 6.90. The van der Waals surface area contributed by atoms with E-state index in [2.05, 4.69) is 64.1 Å². The van der Waals surface area contributed by atoms with Crippen molar-refractivity contribution in [3.05, 3.63) is 58.7 Å². The Hall–Kier alpha value is -1.82. The van der Waals surface area contributed by atoms with Gasteiger partial charge in [0.05, 0.1) is 0 Å². The molecule has 23 heavy (non-hydrogen) atoms. The van der Waals surface area contributed by atoms with Crippen LogP contribution >= 0.6 is 0 Å². The Balaban J connectivity index is 2.00. The molecule has 1 aliphatic rings. The molecule has 2 aromatic carbocycles. The number of allylic oxidation sites excluding steroid dienone is 4. The van der Waals surface area contributed by atoms with E-state index in [1.165, 1.54) is 57.9 Å². The summed E-state index contributed by atoms with van der Waals surface area (Å²) in [4.78, 5) is 0. The van der Waals surface area contributed by atoms with Gasteiger partial charge in [-0.15, -0.1) is 0 Å². The van der Waals surface area contributed by atoms with Crippen molar-refractivity contribution in [1.82, 2.24) is 0 Å². The van der Waals surface area contributed by atoms with E-state index in [1.54, 1.807) is 5.57 Å². The van der Waals surface area contributed by atoms with Crippen LogP contribution in [0.25, 0.3) is 21.9 Å². The smallest absolute Gasteiger partial charge is 0.00549 e. The summed E-state index contributed by atoms with van der Waals surface area (Å²) in [5, 5.41) is 2.75. The Morgan fingerprint density at radius 2 is 1.87 bits per heavy atom. The van der Waals surface area contributed by atoms with Crippen LogP contribution in [0.4, 0.5) is 0 Å². The molecule has 0 heterocycles. The third-order valence-corrected chi connectivity index (χ3v) is 5.15. The molecule has 0 radical (unpaired) electrons. The van der Waals surface area contributed by atoms with E-state index in [9.17, 15) is 0 Å². The molecular formula is C23H28. The third kappa shape index (κ3) is 3.13. The molecule has 0 atom stereocenters. The predicted molar refractivity (Wildman–Crippen MR) is 104 cm³/mol. The van der Waals surface area contributed by atoms with Gasteiger partial charge in [-0.3, -0.25) is 0 Å². The Labute approximate surface area is 140 Å². The van der Waals surface area contributed by atoms with Crippen molar-refractivity contribution in [2.24, 2.45) is 0 Å². The van der Waals surface area contributed by atoms with E-state index in [0.717, 1.165) is 12.8 Å². The molecule has 0 fully saturated rings. The minimum Gasteiger partial charge on any atom is -0.0810 e. The Morgan fingerprint density at radius 1 is 1.04 bits per heavy atom. The van der Waals surface area contributed by atoms with E-state index in [-0.39, 0.29) is 0 Å². The zero-order chi connectivity index (χ0) is 16.4. The normalized spacial score (nSPS) is 14.7. The quantitative estimate of drug-likeness (QED) is 0.549. The van der Waals surface area contributed by atoms with Crippen LogP contribution in [0.15, 0.2) is 42.0 Å². The van der Waals surface area contributed by atoms with Crippen LogP contribution in [-0.2, 0) is 6.42 Å². The van der Waals surface area contributed by atoms with E-state index in [1.807, 2.05) is 0 Å². The lowest BCUT2D eigenvalue weighted by Gasteiger charge is -2.08. The largest absolute Gasteiger partial charge is 0.0810 e. The van der Waals surface area contributed by atoms with Crippen molar-refractivity contribution in [1.29, 1.82) is 0 Å². The molecule has 0 bridgehead atoms. The van der Waals surface area contributed by atoms with Gasteiger partial charge in [0, 0.05) is 0 Å². The lowest BCUT2D eigenvalue weighted by Crippen LogP contribution is -1.87. The van der Waals surface area contributed by atoms with Gasteiger partial charge < -0.3 is 0 Å². The van der Waals surface area contributed by atoms with Gasteiger partial charge in [0.1, 0.15) is 0 Å². The minimum atomic E-state index is 1.15. The van der Waals surface area contributed by atoms with Crippen molar-refractivity contribution in [2.75, 3.05) is 0 Å². The van der Waals surface area contributed by atoms with Crippen molar-refractivity contribution in [3.63, 3.8) is 0 Å². The molecule has 3 rings (SSSR count). The molecule has 0 amide bonds. The summed E-state index contributed by atoms with van der Waals surface area (Å²) >= 11 is 0.